The van der Waals surface area contributed by atoms with Crippen LogP contribution in [0.2, 0.25) is 148 Å². The molecule has 0 radical (unpaired) electrons. The summed E-state index contributed by atoms with van der Waals surface area (Å²) in [5.74, 6) is 0. The maximum Gasteiger partial charge on any atom is 0.506 e. The lowest BCUT2D eigenvalue weighted by atomic mass is 10.4. The Kier molecular flexibility index (Phi) is 23.7. The van der Waals surface area contributed by atoms with E-state index in [1.807, 2.05) is 17.5 Å². The van der Waals surface area contributed by atoms with Gasteiger partial charge in [0.05, 0.1) is 7.59 Å². The number of benzene rings is 7. The molecule has 0 aromatic heterocycles. The maximum atomic E-state index is 8.17. The van der Waals surface area contributed by atoms with E-state index in [1.54, 1.807) is 0 Å². The molecule has 0 aliphatic rings. The Hall–Kier alpha value is -3.66. The second-order valence-electron chi connectivity index (χ2n) is 29.0. The minimum absolute atomic E-state index is 0.858. The third-order valence-corrected chi connectivity index (χ3v) is 74.7. The SMILES string of the molecule is C=C[Si](C)(C)O[Si](O[Si](C)(C)C=C)(O[Si](C)(C)CC[Si](C)(C)O[Si](O[Si](C)(C)CC[Si](C)(C)O[Si](O[Si](C)(C)CC[Si](C)(C)[Si](C)(c1ccccc1)c1ccccc1)(c1ccccc1)c1ccccc1)(c1ccccc1)c1ccccc1)c1ccccc1. The lowest BCUT2D eigenvalue weighted by molar-refractivity contribution is 0.274. The summed E-state index contributed by atoms with van der Waals surface area (Å²) in [7, 11) is -32.2. The third kappa shape index (κ3) is 18.3. The van der Waals surface area contributed by atoms with E-state index in [2.05, 4.69) is 331 Å². The topological polar surface area (TPSA) is 64.6 Å². The van der Waals surface area contributed by atoms with Crippen molar-refractivity contribution >= 4 is 136 Å². The molecule has 7 rings (SSSR count). The van der Waals surface area contributed by atoms with E-state index in [0.717, 1.165) is 45.8 Å². The summed E-state index contributed by atoms with van der Waals surface area (Å²) < 4.78 is 54.9. The fourth-order valence-electron chi connectivity index (χ4n) is 11.9. The van der Waals surface area contributed by atoms with E-state index in [4.69, 9.17) is 28.8 Å². The highest BCUT2D eigenvalue weighted by Crippen LogP contribution is 2.36. The molecular formula is C69H104O7Si12. The lowest BCUT2D eigenvalue weighted by Gasteiger charge is -2.46. The second-order valence-corrected chi connectivity index (χ2v) is 83.2. The fourth-order valence-corrected chi connectivity index (χ4v) is 74.1. The first-order chi connectivity index (χ1) is 41.2. The van der Waals surface area contributed by atoms with Gasteiger partial charge in [-0.15, -0.1) is 13.2 Å². The Bertz CT molecular complexity index is 3160. The van der Waals surface area contributed by atoms with Gasteiger partial charge < -0.3 is 28.8 Å². The van der Waals surface area contributed by atoms with Crippen molar-refractivity contribution < 1.29 is 28.8 Å². The molecule has 0 saturated carbocycles. The molecule has 0 fully saturated rings. The van der Waals surface area contributed by atoms with Crippen molar-refractivity contribution in [1.29, 1.82) is 0 Å². The lowest BCUT2D eigenvalue weighted by Crippen LogP contribution is -2.73. The average molecular weight is 1380 g/mol. The molecule has 0 spiro atoms. The Morgan fingerprint density at radius 1 is 0.250 bits per heavy atom. The van der Waals surface area contributed by atoms with Crippen LogP contribution in [0.15, 0.2) is 237 Å². The summed E-state index contributed by atoms with van der Waals surface area (Å²) in [5, 5.41) is 8.67. The number of hydrogen-bond acceptors (Lipinski definition) is 7. The van der Waals surface area contributed by atoms with Crippen LogP contribution in [0.25, 0.3) is 0 Å². The summed E-state index contributed by atoms with van der Waals surface area (Å²) in [6.07, 6.45) is 0. The molecule has 7 nitrogen and oxygen atoms in total. The normalized spacial score (nSPS) is 13.7. The molecule has 0 aliphatic carbocycles. The highest BCUT2D eigenvalue weighted by Gasteiger charge is 2.57. The predicted octanol–water partition coefficient (Wildman–Crippen LogP) is 15.0. The van der Waals surface area contributed by atoms with Crippen molar-refractivity contribution in [2.24, 2.45) is 0 Å². The van der Waals surface area contributed by atoms with Gasteiger partial charge in [-0.2, -0.15) is 0 Å². The molecular weight excluding hydrogens is 1280 g/mol. The van der Waals surface area contributed by atoms with Gasteiger partial charge in [-0.25, -0.2) is 0 Å². The van der Waals surface area contributed by atoms with Gasteiger partial charge in [0.2, 0.25) is 16.6 Å². The van der Waals surface area contributed by atoms with Gasteiger partial charge in [-0.05, 0) is 143 Å². The summed E-state index contributed by atoms with van der Waals surface area (Å²) >= 11 is 0. The van der Waals surface area contributed by atoms with Crippen LogP contribution in [0.1, 0.15) is 0 Å². The quantitative estimate of drug-likeness (QED) is 0.0380. The number of hydrogen-bond donors (Lipinski definition) is 0. The van der Waals surface area contributed by atoms with Crippen molar-refractivity contribution in [2.75, 3.05) is 0 Å². The minimum Gasteiger partial charge on any atom is -0.430 e. The van der Waals surface area contributed by atoms with Crippen molar-refractivity contribution in [3.05, 3.63) is 237 Å². The second kappa shape index (κ2) is 29.1. The van der Waals surface area contributed by atoms with Crippen LogP contribution < -0.4 is 36.3 Å². The Labute approximate surface area is 544 Å². The van der Waals surface area contributed by atoms with E-state index in [1.165, 1.54) is 26.8 Å². The molecule has 0 heterocycles. The van der Waals surface area contributed by atoms with E-state index in [0.29, 0.717) is 0 Å². The highest BCUT2D eigenvalue weighted by molar-refractivity contribution is 7.51. The first-order valence-electron chi connectivity index (χ1n) is 31.7. The van der Waals surface area contributed by atoms with Crippen LogP contribution in [0.5, 0.6) is 0 Å². The van der Waals surface area contributed by atoms with Crippen molar-refractivity contribution in [3.8, 4) is 0 Å². The van der Waals surface area contributed by atoms with Gasteiger partial charge >= 0.3 is 25.9 Å². The van der Waals surface area contributed by atoms with Gasteiger partial charge in [-0.1, -0.05) is 260 Å². The maximum absolute atomic E-state index is 8.17. The molecule has 0 saturated heterocycles. The molecule has 7 aromatic carbocycles. The van der Waals surface area contributed by atoms with Gasteiger partial charge in [0.15, 0.2) is 41.6 Å². The fraction of sp³-hybridized carbons (Fsp3) is 0.333. The molecule has 0 bridgehead atoms. The highest BCUT2D eigenvalue weighted by atomic mass is 29.3. The Balaban J connectivity index is 1.20. The van der Waals surface area contributed by atoms with Gasteiger partial charge in [0, 0.05) is 5.19 Å². The number of rotatable bonds is 33. The first-order valence-corrected chi connectivity index (χ1v) is 65.4. The van der Waals surface area contributed by atoms with Gasteiger partial charge in [-0.3, -0.25) is 0 Å². The molecule has 0 unspecified atom stereocenters. The summed E-state index contributed by atoms with van der Waals surface area (Å²) in [6.45, 7) is 49.2. The first kappa shape index (κ1) is 71.8. The molecule has 19 heteroatoms. The van der Waals surface area contributed by atoms with Gasteiger partial charge in [0.25, 0.3) is 0 Å². The summed E-state index contributed by atoms with van der Waals surface area (Å²) in [6, 6.07) is 83.0. The molecule has 0 atom stereocenters. The smallest absolute Gasteiger partial charge is 0.430 e. The van der Waals surface area contributed by atoms with Crippen LogP contribution >= 0.6 is 0 Å². The van der Waals surface area contributed by atoms with Crippen LogP contribution in [0, 0.1) is 0 Å². The predicted molar refractivity (Wildman–Crippen MR) is 408 cm³/mol. The molecule has 7 aromatic rings. The molecule has 0 aliphatic heterocycles. The van der Waals surface area contributed by atoms with Crippen molar-refractivity contribution in [3.63, 3.8) is 0 Å². The van der Waals surface area contributed by atoms with E-state index in [-0.39, 0.29) is 0 Å². The monoisotopic (exact) mass is 1380 g/mol. The zero-order valence-corrected chi connectivity index (χ0v) is 68.4. The van der Waals surface area contributed by atoms with Crippen LogP contribution in [0.4, 0.5) is 0 Å². The molecule has 88 heavy (non-hydrogen) atoms. The van der Waals surface area contributed by atoms with Crippen molar-refractivity contribution in [1.82, 2.24) is 0 Å². The molecule has 0 N–H and O–H groups in total. The van der Waals surface area contributed by atoms with E-state index >= 15 is 0 Å². The molecule has 470 valence electrons. The Morgan fingerprint density at radius 2 is 0.455 bits per heavy atom. The Morgan fingerprint density at radius 3 is 0.693 bits per heavy atom. The largest absolute Gasteiger partial charge is 0.506 e. The van der Waals surface area contributed by atoms with Crippen molar-refractivity contribution in [2.45, 2.75) is 148 Å². The average Bonchev–Trinajstić information content (AvgIpc) is 1.53. The summed E-state index contributed by atoms with van der Waals surface area (Å²) in [4.78, 5) is 0. The van der Waals surface area contributed by atoms with Crippen LogP contribution in [0.3, 0.4) is 0 Å². The van der Waals surface area contributed by atoms with Crippen LogP contribution in [-0.2, 0) is 28.8 Å². The zero-order valence-electron chi connectivity index (χ0n) is 56.4. The zero-order chi connectivity index (χ0) is 64.4. The third-order valence-electron chi connectivity index (χ3n) is 17.7. The van der Waals surface area contributed by atoms with E-state index in [9.17, 15) is 0 Å². The summed E-state index contributed by atoms with van der Waals surface area (Å²) in [5.41, 5.74) is 3.98. The molecule has 0 amide bonds. The van der Waals surface area contributed by atoms with Gasteiger partial charge in [0.1, 0.15) is 7.59 Å². The minimum atomic E-state index is -3.53. The standard InChI is InChI=1S/C69H104O7Si12/c1-20-77(3,4)74-88(75-78(5,6)21-2,69-55-41-28-42-56-69)76-83(15,16)60-59-81(11,12)72-86(65-47-33-24-34-48-65,66-49-35-25-36-50-66)70-79(7,8)57-58-80(9,10)71-87(67-51-37-26-38-52-67,68-53-39-27-40-54-68)73-82(13,14)61-62-84(17,18)85(19,63-43-29-22-30-44-63)64-45-31-23-32-46-64/h20-56H,1-2,57-62H2,3-19H3. The van der Waals surface area contributed by atoms with E-state index < -0.39 is 99.3 Å². The van der Waals surface area contributed by atoms with Crippen LogP contribution in [-0.4, -0.2) is 99.3 Å².